The first-order valence-corrected chi connectivity index (χ1v) is 8.75. The largest absolute Gasteiger partial charge is 0.370 e. The minimum atomic E-state index is 0.579. The van der Waals surface area contributed by atoms with Crippen LogP contribution in [-0.2, 0) is 0 Å². The van der Waals surface area contributed by atoms with Gasteiger partial charge in [0.2, 0.25) is 0 Å². The van der Waals surface area contributed by atoms with Crippen molar-refractivity contribution in [3.8, 4) is 11.5 Å². The van der Waals surface area contributed by atoms with E-state index in [0.717, 1.165) is 38.2 Å². The third-order valence-corrected chi connectivity index (χ3v) is 4.61. The van der Waals surface area contributed by atoms with Crippen LogP contribution in [0.25, 0.3) is 11.5 Å². The van der Waals surface area contributed by atoms with Gasteiger partial charge in [-0.1, -0.05) is 35.9 Å². The summed E-state index contributed by atoms with van der Waals surface area (Å²) in [6, 6.07) is 18.6. The number of hydrogen-bond acceptors (Lipinski definition) is 5. The Morgan fingerprint density at radius 2 is 1.56 bits per heavy atom. The van der Waals surface area contributed by atoms with E-state index in [1.54, 1.807) is 0 Å². The van der Waals surface area contributed by atoms with Crippen molar-refractivity contribution in [2.24, 2.45) is 0 Å². The molecule has 0 bridgehead atoms. The molecule has 128 valence electrons. The van der Waals surface area contributed by atoms with Gasteiger partial charge in [0.05, 0.1) is 0 Å². The molecule has 0 amide bonds. The molecule has 0 spiro atoms. The lowest BCUT2D eigenvalue weighted by molar-refractivity contribution is 0.429. The highest BCUT2D eigenvalue weighted by Crippen LogP contribution is 2.22. The molecule has 2 heterocycles. The van der Waals surface area contributed by atoms with Gasteiger partial charge in [-0.05, 0) is 42.8 Å². The molecule has 0 unspecified atom stereocenters. The third kappa shape index (κ3) is 3.50. The fourth-order valence-corrected chi connectivity index (χ4v) is 3.17. The van der Waals surface area contributed by atoms with Gasteiger partial charge in [0.15, 0.2) is 0 Å². The lowest BCUT2D eigenvalue weighted by Crippen LogP contribution is -2.31. The van der Waals surface area contributed by atoms with E-state index < -0.39 is 0 Å². The minimum absolute atomic E-state index is 0.579. The first-order valence-electron chi connectivity index (χ1n) is 8.75. The topological polar surface area (TPSA) is 45.4 Å². The van der Waals surface area contributed by atoms with Crippen LogP contribution in [0, 0.1) is 6.92 Å². The number of rotatable bonds is 3. The lowest BCUT2D eigenvalue weighted by atomic mass is 10.2. The standard InChI is InChI=1S/C20H22N4O/c1-16-8-10-18(11-9-16)23-12-5-13-24(15-14-23)20-21-19(25-22-20)17-6-3-2-4-7-17/h2-4,6-11H,5,12-15H2,1H3. The first kappa shape index (κ1) is 15.7. The van der Waals surface area contributed by atoms with Gasteiger partial charge >= 0.3 is 0 Å². The predicted octanol–water partition coefficient (Wildman–Crippen LogP) is 3.76. The highest BCUT2D eigenvalue weighted by atomic mass is 16.5. The van der Waals surface area contributed by atoms with Crippen molar-refractivity contribution in [1.29, 1.82) is 0 Å². The van der Waals surface area contributed by atoms with Crippen molar-refractivity contribution in [1.82, 2.24) is 10.1 Å². The second-order valence-corrected chi connectivity index (χ2v) is 6.43. The van der Waals surface area contributed by atoms with Crippen molar-refractivity contribution < 1.29 is 4.52 Å². The first-order chi connectivity index (χ1) is 12.3. The molecule has 0 atom stereocenters. The van der Waals surface area contributed by atoms with Crippen molar-refractivity contribution in [2.75, 3.05) is 36.0 Å². The Morgan fingerprint density at radius 3 is 2.36 bits per heavy atom. The number of hydrogen-bond donors (Lipinski definition) is 0. The van der Waals surface area contributed by atoms with Crippen molar-refractivity contribution in [2.45, 2.75) is 13.3 Å². The van der Waals surface area contributed by atoms with Gasteiger partial charge in [-0.2, -0.15) is 4.98 Å². The monoisotopic (exact) mass is 334 g/mol. The number of benzene rings is 2. The number of aryl methyl sites for hydroxylation is 1. The van der Waals surface area contributed by atoms with Crippen LogP contribution in [0.15, 0.2) is 59.1 Å². The Morgan fingerprint density at radius 1 is 0.840 bits per heavy atom. The van der Waals surface area contributed by atoms with Crippen LogP contribution in [0.5, 0.6) is 0 Å². The van der Waals surface area contributed by atoms with E-state index >= 15 is 0 Å². The highest BCUT2D eigenvalue weighted by molar-refractivity contribution is 5.54. The maximum atomic E-state index is 5.45. The molecule has 5 nitrogen and oxygen atoms in total. The molecule has 3 aromatic rings. The normalized spacial score (nSPS) is 15.2. The Bertz CT molecular complexity index is 813. The summed E-state index contributed by atoms with van der Waals surface area (Å²) in [5, 5.41) is 4.19. The van der Waals surface area contributed by atoms with Gasteiger partial charge in [-0.3, -0.25) is 0 Å². The molecule has 4 rings (SSSR count). The smallest absolute Gasteiger partial charge is 0.266 e. The van der Waals surface area contributed by atoms with Gasteiger partial charge < -0.3 is 14.3 Å². The van der Waals surface area contributed by atoms with Crippen molar-refractivity contribution in [3.05, 3.63) is 60.2 Å². The second kappa shape index (κ2) is 6.97. The quantitative estimate of drug-likeness (QED) is 0.730. The molecule has 0 saturated carbocycles. The van der Waals surface area contributed by atoms with Crippen LogP contribution in [0.3, 0.4) is 0 Å². The van der Waals surface area contributed by atoms with Gasteiger partial charge in [-0.15, -0.1) is 0 Å². The Balaban J connectivity index is 1.46. The maximum Gasteiger partial charge on any atom is 0.266 e. The molecule has 1 aliphatic heterocycles. The number of aromatic nitrogens is 2. The average Bonchev–Trinajstić information content (AvgIpc) is 3.02. The summed E-state index contributed by atoms with van der Waals surface area (Å²) in [6.07, 6.45) is 1.07. The SMILES string of the molecule is Cc1ccc(N2CCCN(c3noc(-c4ccccc4)n3)CC2)cc1. The minimum Gasteiger partial charge on any atom is -0.370 e. The van der Waals surface area contributed by atoms with Crippen LogP contribution in [0.4, 0.5) is 11.6 Å². The molecule has 1 aliphatic rings. The third-order valence-electron chi connectivity index (χ3n) is 4.61. The molecule has 1 aromatic heterocycles. The van der Waals surface area contributed by atoms with E-state index in [0.29, 0.717) is 11.8 Å². The van der Waals surface area contributed by atoms with Crippen LogP contribution in [0.1, 0.15) is 12.0 Å². The molecule has 0 aliphatic carbocycles. The fraction of sp³-hybridized carbons (Fsp3) is 0.300. The summed E-state index contributed by atoms with van der Waals surface area (Å²) in [5.74, 6) is 1.26. The Kier molecular flexibility index (Phi) is 4.37. The summed E-state index contributed by atoms with van der Waals surface area (Å²) in [7, 11) is 0. The second-order valence-electron chi connectivity index (χ2n) is 6.43. The zero-order valence-corrected chi connectivity index (χ0v) is 14.4. The molecule has 25 heavy (non-hydrogen) atoms. The van der Waals surface area contributed by atoms with E-state index in [1.165, 1.54) is 11.3 Å². The highest BCUT2D eigenvalue weighted by Gasteiger charge is 2.19. The van der Waals surface area contributed by atoms with E-state index in [4.69, 9.17) is 4.52 Å². The predicted molar refractivity (Wildman–Crippen MR) is 100.0 cm³/mol. The Labute approximate surface area is 147 Å². The molecule has 1 saturated heterocycles. The van der Waals surface area contributed by atoms with Crippen LogP contribution < -0.4 is 9.80 Å². The molecule has 0 radical (unpaired) electrons. The summed E-state index contributed by atoms with van der Waals surface area (Å²) in [4.78, 5) is 9.23. The number of nitrogens with zero attached hydrogens (tertiary/aromatic N) is 4. The average molecular weight is 334 g/mol. The summed E-state index contributed by atoms with van der Waals surface area (Å²) in [6.45, 7) is 5.95. The zero-order valence-electron chi connectivity index (χ0n) is 14.4. The molecule has 2 aromatic carbocycles. The summed E-state index contributed by atoms with van der Waals surface area (Å²) >= 11 is 0. The fourth-order valence-electron chi connectivity index (χ4n) is 3.17. The zero-order chi connectivity index (χ0) is 17.1. The molecule has 5 heteroatoms. The molecular formula is C20H22N4O. The molecule has 1 fully saturated rings. The van der Waals surface area contributed by atoms with Crippen molar-refractivity contribution >= 4 is 11.6 Å². The Hall–Kier alpha value is -2.82. The van der Waals surface area contributed by atoms with Crippen LogP contribution in [-0.4, -0.2) is 36.3 Å². The van der Waals surface area contributed by atoms with Crippen molar-refractivity contribution in [3.63, 3.8) is 0 Å². The summed E-state index contributed by atoms with van der Waals surface area (Å²) < 4.78 is 5.45. The molecule has 0 N–H and O–H groups in total. The number of anilines is 2. The summed E-state index contributed by atoms with van der Waals surface area (Å²) in [5.41, 5.74) is 3.53. The van der Waals surface area contributed by atoms with E-state index in [-0.39, 0.29) is 0 Å². The lowest BCUT2D eigenvalue weighted by Gasteiger charge is -2.23. The van der Waals surface area contributed by atoms with Gasteiger partial charge in [0, 0.05) is 37.4 Å². The van der Waals surface area contributed by atoms with Crippen LogP contribution >= 0.6 is 0 Å². The molecular weight excluding hydrogens is 312 g/mol. The van der Waals surface area contributed by atoms with E-state index in [2.05, 4.69) is 51.1 Å². The van der Waals surface area contributed by atoms with E-state index in [9.17, 15) is 0 Å². The van der Waals surface area contributed by atoms with Crippen LogP contribution in [0.2, 0.25) is 0 Å². The van der Waals surface area contributed by atoms with Gasteiger partial charge in [0.25, 0.3) is 11.8 Å². The van der Waals surface area contributed by atoms with Gasteiger partial charge in [-0.25, -0.2) is 0 Å². The maximum absolute atomic E-state index is 5.45. The van der Waals surface area contributed by atoms with Gasteiger partial charge in [0.1, 0.15) is 0 Å². The van der Waals surface area contributed by atoms with E-state index in [1.807, 2.05) is 30.3 Å².